The third kappa shape index (κ3) is 3.96. The van der Waals surface area contributed by atoms with Gasteiger partial charge < -0.3 is 0 Å². The van der Waals surface area contributed by atoms with Crippen LogP contribution in [0.25, 0.3) is 38.5 Å². The normalized spacial score (nSPS) is 18.5. The maximum Gasteiger partial charge on any atom is 0.380 e. The molecule has 0 spiro atoms. The molecule has 10 heteroatoms. The van der Waals surface area contributed by atoms with Crippen molar-refractivity contribution in [1.29, 1.82) is 0 Å². The van der Waals surface area contributed by atoms with E-state index in [-0.39, 0.29) is 31.4 Å². The summed E-state index contributed by atoms with van der Waals surface area (Å²) in [5, 5.41) is -0.946. The molecule has 2 aliphatic rings. The summed E-state index contributed by atoms with van der Waals surface area (Å²) in [4.78, 5) is 8.66. The summed E-state index contributed by atoms with van der Waals surface area (Å²) in [6.45, 7) is 4.00. The van der Waals surface area contributed by atoms with Crippen molar-refractivity contribution in [1.82, 2.24) is 9.97 Å². The van der Waals surface area contributed by atoms with Crippen LogP contribution >= 0.6 is 31.9 Å². The Labute approximate surface area is 237 Å². The maximum absolute atomic E-state index is 15.6. The molecule has 0 saturated carbocycles. The number of hydrogen-bond acceptors (Lipinski definition) is 2. The van der Waals surface area contributed by atoms with Crippen LogP contribution in [0.4, 0.5) is 26.3 Å². The van der Waals surface area contributed by atoms with Crippen LogP contribution < -0.4 is 0 Å². The number of allylic oxidation sites excluding steroid dienone is 4. The number of halogens is 8. The first-order valence-corrected chi connectivity index (χ1v) is 13.8. The Hall–Kier alpha value is -2.72. The molecule has 0 amide bonds. The number of benzene rings is 2. The molecule has 0 radical (unpaired) electrons. The van der Waals surface area contributed by atoms with Crippen LogP contribution in [0.5, 0.6) is 0 Å². The molecule has 2 heterocycles. The zero-order valence-electron chi connectivity index (χ0n) is 20.6. The molecule has 39 heavy (non-hydrogen) atoms. The average Bonchev–Trinajstić information content (AvgIpc) is 3.03. The number of pyridine rings is 2. The highest BCUT2D eigenvalue weighted by Gasteiger charge is 2.80. The summed E-state index contributed by atoms with van der Waals surface area (Å²) in [6, 6.07) is 10.9. The Bertz CT molecular complexity index is 1680. The molecule has 0 saturated heterocycles. The highest BCUT2D eigenvalue weighted by Crippen LogP contribution is 2.66. The summed E-state index contributed by atoms with van der Waals surface area (Å²) < 4.78 is 92.9. The van der Waals surface area contributed by atoms with Crippen LogP contribution in [0.1, 0.15) is 43.4 Å². The van der Waals surface area contributed by atoms with Gasteiger partial charge in [0, 0.05) is 21.9 Å². The van der Waals surface area contributed by atoms with Crippen LogP contribution in [0.2, 0.25) is 0 Å². The van der Waals surface area contributed by atoms with E-state index in [4.69, 9.17) is 0 Å². The van der Waals surface area contributed by atoms with Gasteiger partial charge in [-0.2, -0.15) is 26.3 Å². The largest absolute Gasteiger partial charge is 0.380 e. The topological polar surface area (TPSA) is 25.8 Å². The smallest absolute Gasteiger partial charge is 0.239 e. The first-order chi connectivity index (χ1) is 18.5. The molecule has 2 aromatic heterocycles. The van der Waals surface area contributed by atoms with Crippen molar-refractivity contribution in [2.24, 2.45) is 0 Å². The average molecular weight is 670 g/mol. The number of fused-ring (bicyclic) bond motifs is 6. The Morgan fingerprint density at radius 2 is 1.23 bits per heavy atom. The minimum absolute atomic E-state index is 0.0592. The molecule has 0 unspecified atom stereocenters. The van der Waals surface area contributed by atoms with Gasteiger partial charge in [-0.3, -0.25) is 0 Å². The summed E-state index contributed by atoms with van der Waals surface area (Å²) in [7, 11) is 0. The van der Waals surface area contributed by atoms with Crippen molar-refractivity contribution in [3.63, 3.8) is 0 Å². The fourth-order valence-electron chi connectivity index (χ4n) is 5.15. The lowest BCUT2D eigenvalue weighted by molar-refractivity contribution is -0.301. The molecule has 6 rings (SSSR count). The van der Waals surface area contributed by atoms with Crippen LogP contribution in [-0.2, 0) is 11.8 Å². The lowest BCUT2D eigenvalue weighted by Gasteiger charge is -2.24. The van der Waals surface area contributed by atoms with Gasteiger partial charge in [-0.1, -0.05) is 62.4 Å². The maximum atomic E-state index is 15.6. The minimum Gasteiger partial charge on any atom is -0.239 e. The molecule has 0 aliphatic heterocycles. The molecule has 4 aromatic rings. The predicted octanol–water partition coefficient (Wildman–Crippen LogP) is 10.6. The third-order valence-corrected chi connectivity index (χ3v) is 7.57. The van der Waals surface area contributed by atoms with E-state index < -0.39 is 39.7 Å². The van der Waals surface area contributed by atoms with Crippen LogP contribution in [-0.4, -0.2) is 15.9 Å². The van der Waals surface area contributed by atoms with Crippen molar-refractivity contribution in [2.45, 2.75) is 44.5 Å². The van der Waals surface area contributed by atoms with Gasteiger partial charge in [0.25, 0.3) is 0 Å². The molecule has 0 fully saturated rings. The first-order valence-electron chi connectivity index (χ1n) is 12.2. The van der Waals surface area contributed by atoms with Gasteiger partial charge in [0.15, 0.2) is 0 Å². The van der Waals surface area contributed by atoms with Crippen LogP contribution in [0, 0.1) is 0 Å². The van der Waals surface area contributed by atoms with E-state index >= 15 is 26.3 Å². The molecule has 0 bridgehead atoms. The zero-order valence-corrected chi connectivity index (χ0v) is 23.8. The second kappa shape index (κ2) is 9.73. The standard InChI is InChI=1S/C27H14Br2F6N2.C2H6/c28-17-11-15(13-7-3-1-4-8-13)19-21-22(26(32,33)27(34,35)25(21,30)31)20-16(14-9-5-2-6-10-14)12-18(29)37-24(20)23(19)36-17;1-2/h1,3-5,7-12H,2,6H2;1-2H3. The molecule has 2 aromatic carbocycles. The number of rotatable bonds is 2. The van der Waals surface area contributed by atoms with Gasteiger partial charge in [0.05, 0.1) is 11.0 Å². The van der Waals surface area contributed by atoms with Crippen molar-refractivity contribution < 1.29 is 26.3 Å². The van der Waals surface area contributed by atoms with Gasteiger partial charge in [-0.05, 0) is 79.1 Å². The Balaban J connectivity index is 0.00000151. The summed E-state index contributed by atoms with van der Waals surface area (Å²) in [6.07, 6.45) is 6.50. The van der Waals surface area contributed by atoms with Crippen LogP contribution in [0.3, 0.4) is 0 Å². The van der Waals surface area contributed by atoms with Crippen LogP contribution in [0.15, 0.2) is 69.9 Å². The molecule has 0 atom stereocenters. The predicted molar refractivity (Wildman–Crippen MR) is 148 cm³/mol. The molecule has 0 N–H and O–H groups in total. The number of nitrogens with zero attached hydrogens (tertiary/aromatic N) is 2. The molecule has 2 nitrogen and oxygen atoms in total. The van der Waals surface area contributed by atoms with Crippen molar-refractivity contribution >= 4 is 59.2 Å². The van der Waals surface area contributed by atoms with E-state index in [1.54, 1.807) is 48.6 Å². The van der Waals surface area contributed by atoms with Gasteiger partial charge in [-0.15, -0.1) is 0 Å². The third-order valence-electron chi connectivity index (χ3n) is 6.76. The number of aromatic nitrogens is 2. The number of hydrogen-bond donors (Lipinski definition) is 0. The van der Waals surface area contributed by atoms with E-state index in [9.17, 15) is 0 Å². The van der Waals surface area contributed by atoms with Crippen molar-refractivity contribution in [3.05, 3.63) is 86.6 Å². The van der Waals surface area contributed by atoms with Gasteiger partial charge in [-0.25, -0.2) is 9.97 Å². The lowest BCUT2D eigenvalue weighted by atomic mass is 9.87. The van der Waals surface area contributed by atoms with Gasteiger partial charge in [0.2, 0.25) is 0 Å². The summed E-state index contributed by atoms with van der Waals surface area (Å²) >= 11 is 6.56. The fraction of sp³-hybridized carbons (Fsp3) is 0.241. The summed E-state index contributed by atoms with van der Waals surface area (Å²) in [5.41, 5.74) is -2.21. The molecular weight excluding hydrogens is 650 g/mol. The Morgan fingerprint density at radius 1 is 0.718 bits per heavy atom. The van der Waals surface area contributed by atoms with E-state index in [1.807, 2.05) is 13.8 Å². The Kier molecular flexibility index (Phi) is 6.94. The minimum atomic E-state index is -5.67. The highest BCUT2D eigenvalue weighted by atomic mass is 79.9. The van der Waals surface area contributed by atoms with E-state index in [0.717, 1.165) is 0 Å². The van der Waals surface area contributed by atoms with E-state index in [1.165, 1.54) is 12.1 Å². The molecular formula is C29H20Br2F6N2. The molecule has 2 aliphatic carbocycles. The van der Waals surface area contributed by atoms with Gasteiger partial charge in [0.1, 0.15) is 9.21 Å². The zero-order chi connectivity index (χ0) is 28.3. The number of alkyl halides is 6. The van der Waals surface area contributed by atoms with Gasteiger partial charge >= 0.3 is 17.8 Å². The second-order valence-electron chi connectivity index (χ2n) is 8.91. The monoisotopic (exact) mass is 668 g/mol. The molecule has 202 valence electrons. The quantitative estimate of drug-likeness (QED) is 0.121. The highest BCUT2D eigenvalue weighted by molar-refractivity contribution is 9.10. The van der Waals surface area contributed by atoms with Crippen molar-refractivity contribution in [2.75, 3.05) is 0 Å². The summed E-state index contributed by atoms with van der Waals surface area (Å²) in [5.74, 6) is -16.0. The second-order valence-corrected chi connectivity index (χ2v) is 10.5. The lowest BCUT2D eigenvalue weighted by Crippen LogP contribution is -2.43. The fourth-order valence-corrected chi connectivity index (χ4v) is 5.96. The SMILES string of the molecule is CC.FC1(F)c2c(c3c(-c4ccccc4)cc(Br)nc3c3nc(Br)cc(C4=CCCC=C4)c23)C(F)(F)C1(F)F. The van der Waals surface area contributed by atoms with Crippen molar-refractivity contribution in [3.8, 4) is 11.1 Å². The first kappa shape index (κ1) is 27.8. The van der Waals surface area contributed by atoms with E-state index in [2.05, 4.69) is 41.8 Å². The van der Waals surface area contributed by atoms with E-state index in [0.29, 0.717) is 24.0 Å². The Morgan fingerprint density at radius 3 is 1.74 bits per heavy atom.